The molecule has 34 heavy (non-hydrogen) atoms. The first-order valence-corrected chi connectivity index (χ1v) is 12.5. The number of nitrogens with zero attached hydrogens (tertiary/aromatic N) is 2. The lowest BCUT2D eigenvalue weighted by Gasteiger charge is -2.28. The molecule has 0 unspecified atom stereocenters. The van der Waals surface area contributed by atoms with Crippen LogP contribution in [-0.2, 0) is 28.9 Å². The molecule has 1 atom stereocenters. The van der Waals surface area contributed by atoms with Gasteiger partial charge in [0, 0.05) is 17.9 Å². The van der Waals surface area contributed by atoms with Gasteiger partial charge in [-0.15, -0.1) is 0 Å². The Balaban J connectivity index is 2.19. The molecule has 2 amide bonds. The molecule has 0 bridgehead atoms. The van der Waals surface area contributed by atoms with Crippen molar-refractivity contribution in [2.24, 2.45) is 17.1 Å². The Labute approximate surface area is 205 Å². The second-order valence-corrected chi connectivity index (χ2v) is 11.5. The third kappa shape index (κ3) is 6.05. The highest BCUT2D eigenvalue weighted by Crippen LogP contribution is 2.37. The Kier molecular flexibility index (Phi) is 7.84. The van der Waals surface area contributed by atoms with Crippen molar-refractivity contribution >= 4 is 11.8 Å². The number of carbonyl (C=O) groups excluding carboxylic acids is 2. The number of hydrogen-bond acceptors (Lipinski definition) is 3. The molecule has 0 saturated carbocycles. The maximum absolute atomic E-state index is 13.5. The van der Waals surface area contributed by atoms with Crippen molar-refractivity contribution in [1.29, 1.82) is 0 Å². The van der Waals surface area contributed by atoms with Crippen LogP contribution < -0.4 is 5.73 Å². The van der Waals surface area contributed by atoms with Crippen LogP contribution >= 0.6 is 0 Å². The van der Waals surface area contributed by atoms with Crippen LogP contribution in [0.4, 0.5) is 0 Å². The van der Waals surface area contributed by atoms with Gasteiger partial charge in [-0.05, 0) is 73.1 Å². The average molecular weight is 464 g/mol. The predicted octanol–water partition coefficient (Wildman–Crippen LogP) is 5.17. The normalized spacial score (nSPS) is 16.4. The van der Waals surface area contributed by atoms with E-state index in [9.17, 15) is 9.59 Å². The Morgan fingerprint density at radius 1 is 1.12 bits per heavy atom. The first-order chi connectivity index (χ1) is 15.9. The molecule has 2 heterocycles. The molecule has 0 aliphatic carbocycles. The summed E-state index contributed by atoms with van der Waals surface area (Å²) < 4.78 is 0. The van der Waals surface area contributed by atoms with Gasteiger partial charge in [-0.3, -0.25) is 14.6 Å². The molecule has 1 saturated heterocycles. The fraction of sp³-hybridized carbons (Fsp3) is 0.552. The quantitative estimate of drug-likeness (QED) is 0.615. The summed E-state index contributed by atoms with van der Waals surface area (Å²) >= 11 is 0. The number of nitrogens with two attached hydrogens (primary N) is 1. The number of likely N-dealkylation sites (tertiary alicyclic amines) is 1. The standard InChI is InChI=1S/C29H41N3O2/c1-18(2)15-24-23(17-29(5,6)7)27(21-12-10-19(3)11-13-21)22(20(4)31-24)16-26(33)32-14-8-9-25(32)28(30)34/h10-13,18,25H,8-9,14-17H2,1-7H3,(H2,30,34)/t25-/m0/s1. The highest BCUT2D eigenvalue weighted by atomic mass is 16.2. The van der Waals surface area contributed by atoms with E-state index in [1.807, 2.05) is 6.92 Å². The fourth-order valence-electron chi connectivity index (χ4n) is 5.02. The Hall–Kier alpha value is -2.69. The van der Waals surface area contributed by atoms with Gasteiger partial charge in [-0.2, -0.15) is 0 Å². The van der Waals surface area contributed by atoms with Crippen LogP contribution in [0.1, 0.15) is 75.5 Å². The largest absolute Gasteiger partial charge is 0.368 e. The molecule has 1 aromatic carbocycles. The Morgan fingerprint density at radius 2 is 1.76 bits per heavy atom. The van der Waals surface area contributed by atoms with Crippen molar-refractivity contribution in [1.82, 2.24) is 9.88 Å². The Bertz CT molecular complexity index is 1050. The molecule has 1 aliphatic rings. The number of benzene rings is 1. The number of aromatic nitrogens is 1. The minimum atomic E-state index is -0.502. The number of rotatable bonds is 7. The van der Waals surface area contributed by atoms with E-state index in [0.717, 1.165) is 47.3 Å². The van der Waals surface area contributed by atoms with Crippen molar-refractivity contribution in [3.05, 3.63) is 52.3 Å². The van der Waals surface area contributed by atoms with Crippen molar-refractivity contribution in [2.75, 3.05) is 6.54 Å². The van der Waals surface area contributed by atoms with Gasteiger partial charge in [0.1, 0.15) is 6.04 Å². The summed E-state index contributed by atoms with van der Waals surface area (Å²) in [7, 11) is 0. The average Bonchev–Trinajstić information content (AvgIpc) is 3.21. The number of primary amides is 1. The molecule has 1 fully saturated rings. The zero-order valence-electron chi connectivity index (χ0n) is 22.0. The molecule has 0 radical (unpaired) electrons. The van der Waals surface area contributed by atoms with Crippen LogP contribution in [0.2, 0.25) is 0 Å². The highest BCUT2D eigenvalue weighted by Gasteiger charge is 2.34. The van der Waals surface area contributed by atoms with Gasteiger partial charge in [0.2, 0.25) is 11.8 Å². The maximum atomic E-state index is 13.5. The summed E-state index contributed by atoms with van der Waals surface area (Å²) in [6.45, 7) is 15.9. The van der Waals surface area contributed by atoms with E-state index in [2.05, 4.69) is 65.8 Å². The number of pyridine rings is 1. The summed E-state index contributed by atoms with van der Waals surface area (Å²) in [5.41, 5.74) is 13.4. The summed E-state index contributed by atoms with van der Waals surface area (Å²) in [4.78, 5) is 32.1. The Morgan fingerprint density at radius 3 is 2.32 bits per heavy atom. The summed E-state index contributed by atoms with van der Waals surface area (Å²) in [6, 6.07) is 8.07. The first-order valence-electron chi connectivity index (χ1n) is 12.5. The van der Waals surface area contributed by atoms with Crippen molar-refractivity contribution < 1.29 is 9.59 Å². The molecule has 1 aliphatic heterocycles. The zero-order chi connectivity index (χ0) is 25.2. The van der Waals surface area contributed by atoms with E-state index in [0.29, 0.717) is 18.9 Å². The van der Waals surface area contributed by atoms with E-state index < -0.39 is 11.9 Å². The lowest BCUT2D eigenvalue weighted by molar-refractivity contribution is -0.136. The van der Waals surface area contributed by atoms with Crippen molar-refractivity contribution in [3.63, 3.8) is 0 Å². The number of aryl methyl sites for hydroxylation is 2. The second kappa shape index (κ2) is 10.3. The molecule has 2 N–H and O–H groups in total. The van der Waals surface area contributed by atoms with Crippen molar-refractivity contribution in [3.8, 4) is 11.1 Å². The predicted molar refractivity (Wildman–Crippen MR) is 138 cm³/mol. The van der Waals surface area contributed by atoms with Gasteiger partial charge in [-0.25, -0.2) is 0 Å². The topological polar surface area (TPSA) is 76.3 Å². The van der Waals surface area contributed by atoms with E-state index in [4.69, 9.17) is 10.7 Å². The monoisotopic (exact) mass is 463 g/mol. The van der Waals surface area contributed by atoms with Crippen LogP contribution in [0.15, 0.2) is 24.3 Å². The number of amides is 2. The summed E-state index contributed by atoms with van der Waals surface area (Å²) in [6.07, 6.45) is 3.45. The van der Waals surface area contributed by atoms with E-state index in [-0.39, 0.29) is 17.7 Å². The van der Waals surface area contributed by atoms with Gasteiger partial charge in [0.05, 0.1) is 6.42 Å². The van der Waals surface area contributed by atoms with Crippen LogP contribution in [0, 0.1) is 25.2 Å². The van der Waals surface area contributed by atoms with Gasteiger partial charge in [-0.1, -0.05) is 64.4 Å². The molecule has 5 nitrogen and oxygen atoms in total. The third-order valence-corrected chi connectivity index (χ3v) is 6.57. The van der Waals surface area contributed by atoms with Crippen LogP contribution in [0.3, 0.4) is 0 Å². The fourth-order valence-corrected chi connectivity index (χ4v) is 5.02. The summed E-state index contributed by atoms with van der Waals surface area (Å²) in [5, 5.41) is 0. The molecule has 1 aromatic heterocycles. The lowest BCUT2D eigenvalue weighted by Crippen LogP contribution is -2.44. The van der Waals surface area contributed by atoms with Crippen LogP contribution in [0.25, 0.3) is 11.1 Å². The van der Waals surface area contributed by atoms with Gasteiger partial charge >= 0.3 is 0 Å². The highest BCUT2D eigenvalue weighted by molar-refractivity contribution is 5.89. The van der Waals surface area contributed by atoms with E-state index >= 15 is 0 Å². The molecule has 0 spiro atoms. The smallest absolute Gasteiger partial charge is 0.240 e. The molecule has 184 valence electrons. The van der Waals surface area contributed by atoms with Gasteiger partial charge in [0.15, 0.2) is 0 Å². The minimum absolute atomic E-state index is 0.0436. The van der Waals surface area contributed by atoms with Gasteiger partial charge in [0.25, 0.3) is 0 Å². The maximum Gasteiger partial charge on any atom is 0.240 e. The van der Waals surface area contributed by atoms with Crippen molar-refractivity contribution in [2.45, 2.75) is 86.6 Å². The lowest BCUT2D eigenvalue weighted by atomic mass is 9.80. The second-order valence-electron chi connectivity index (χ2n) is 11.5. The molecule has 3 rings (SSSR count). The zero-order valence-corrected chi connectivity index (χ0v) is 22.0. The van der Waals surface area contributed by atoms with E-state index in [1.165, 1.54) is 11.1 Å². The first kappa shape index (κ1) is 25.9. The van der Waals surface area contributed by atoms with Crippen LogP contribution in [0.5, 0.6) is 0 Å². The van der Waals surface area contributed by atoms with Crippen LogP contribution in [-0.4, -0.2) is 34.3 Å². The third-order valence-electron chi connectivity index (χ3n) is 6.57. The molecule has 2 aromatic rings. The molecular weight excluding hydrogens is 422 g/mol. The number of hydrogen-bond donors (Lipinski definition) is 1. The summed E-state index contributed by atoms with van der Waals surface area (Å²) in [5.74, 6) is 0.0166. The minimum Gasteiger partial charge on any atom is -0.368 e. The molecule has 5 heteroatoms. The van der Waals surface area contributed by atoms with E-state index in [1.54, 1.807) is 4.90 Å². The van der Waals surface area contributed by atoms with Gasteiger partial charge < -0.3 is 10.6 Å². The molecular formula is C29H41N3O2. The SMILES string of the molecule is Cc1ccc(-c2c(CC(=O)N3CCC[C@H]3C(N)=O)c(C)nc(CC(C)C)c2CC(C)(C)C)cc1. The number of carbonyl (C=O) groups is 2.